The van der Waals surface area contributed by atoms with E-state index < -0.39 is 0 Å². The summed E-state index contributed by atoms with van der Waals surface area (Å²) in [4.78, 5) is 18.2. The Morgan fingerprint density at radius 2 is 2.00 bits per heavy atom. The molecular formula is C26H32N2O2. The first-order chi connectivity index (χ1) is 14.5. The van der Waals surface area contributed by atoms with Crippen molar-refractivity contribution in [2.24, 2.45) is 10.9 Å². The number of aliphatic imine (C=N–C) groups is 1. The Hall–Kier alpha value is -2.88. The third kappa shape index (κ3) is 4.64. The maximum atomic E-state index is 12.0. The van der Waals surface area contributed by atoms with E-state index in [1.54, 1.807) is 0 Å². The van der Waals surface area contributed by atoms with Crippen molar-refractivity contribution in [3.05, 3.63) is 53.6 Å². The van der Waals surface area contributed by atoms with E-state index in [4.69, 9.17) is 4.74 Å². The second kappa shape index (κ2) is 9.75. The Balaban J connectivity index is 1.73. The number of carbonyl (C=O) groups is 1. The fourth-order valence-electron chi connectivity index (χ4n) is 4.19. The zero-order chi connectivity index (χ0) is 21.7. The van der Waals surface area contributed by atoms with Gasteiger partial charge in [0.25, 0.3) is 0 Å². The lowest BCUT2D eigenvalue weighted by molar-refractivity contribution is -0.134. The predicted molar refractivity (Wildman–Crippen MR) is 126 cm³/mol. The van der Waals surface area contributed by atoms with Crippen molar-refractivity contribution < 1.29 is 9.53 Å². The highest BCUT2D eigenvalue weighted by Crippen LogP contribution is 2.35. The van der Waals surface area contributed by atoms with Crippen LogP contribution in [0.15, 0.2) is 47.5 Å². The van der Waals surface area contributed by atoms with Crippen molar-refractivity contribution in [1.29, 1.82) is 0 Å². The molecule has 30 heavy (non-hydrogen) atoms. The number of hydrogen-bond acceptors (Lipinski definition) is 3. The van der Waals surface area contributed by atoms with E-state index in [0.717, 1.165) is 53.2 Å². The van der Waals surface area contributed by atoms with Crippen LogP contribution in [0, 0.1) is 12.8 Å². The summed E-state index contributed by atoms with van der Waals surface area (Å²) in [5.74, 6) is 1.42. The maximum absolute atomic E-state index is 12.0. The van der Waals surface area contributed by atoms with Crippen LogP contribution in [-0.4, -0.2) is 36.7 Å². The number of rotatable bonds is 6. The van der Waals surface area contributed by atoms with E-state index in [9.17, 15) is 4.79 Å². The van der Waals surface area contributed by atoms with Gasteiger partial charge in [-0.25, -0.2) is 0 Å². The second-order valence-corrected chi connectivity index (χ2v) is 7.97. The van der Waals surface area contributed by atoms with Crippen LogP contribution in [0.25, 0.3) is 17.2 Å². The molecule has 2 aromatic rings. The first-order valence-corrected chi connectivity index (χ1v) is 10.8. The molecular weight excluding hydrogens is 372 g/mol. The zero-order valence-electron chi connectivity index (χ0n) is 18.5. The fraction of sp³-hybridized carbons (Fsp3) is 0.385. The van der Waals surface area contributed by atoms with Gasteiger partial charge in [0.2, 0.25) is 5.91 Å². The van der Waals surface area contributed by atoms with Crippen LogP contribution in [0.3, 0.4) is 0 Å². The lowest BCUT2D eigenvalue weighted by atomic mass is 9.95. The molecule has 2 atom stereocenters. The van der Waals surface area contributed by atoms with Crippen LogP contribution < -0.4 is 4.74 Å². The van der Waals surface area contributed by atoms with Crippen LogP contribution in [0.1, 0.15) is 44.7 Å². The molecule has 1 amide bonds. The summed E-state index contributed by atoms with van der Waals surface area (Å²) in [7, 11) is 0. The summed E-state index contributed by atoms with van der Waals surface area (Å²) in [6, 6.07) is 12.5. The standard InChI is InChI=1S/C26H32N2O2/c1-6-8-21-11-14-23(19(4)26(21)27-5)20-9-12-22(13-10-20)30-24-15-16-28(17-18(24)3)25(29)7-2/h6,8-14,18,24H,5,7,15-17H2,1-4H3/b8-6-. The van der Waals surface area contributed by atoms with Crippen molar-refractivity contribution in [2.45, 2.75) is 46.6 Å². The van der Waals surface area contributed by atoms with Gasteiger partial charge < -0.3 is 9.64 Å². The van der Waals surface area contributed by atoms with Gasteiger partial charge >= 0.3 is 0 Å². The van der Waals surface area contributed by atoms with Crippen molar-refractivity contribution in [1.82, 2.24) is 4.90 Å². The lowest BCUT2D eigenvalue weighted by Gasteiger charge is -2.36. The summed E-state index contributed by atoms with van der Waals surface area (Å²) in [6.07, 6.45) is 5.64. The molecule has 1 saturated heterocycles. The molecule has 4 nitrogen and oxygen atoms in total. The molecule has 0 radical (unpaired) electrons. The third-order valence-electron chi connectivity index (χ3n) is 5.90. The Morgan fingerprint density at radius 3 is 2.60 bits per heavy atom. The van der Waals surface area contributed by atoms with Gasteiger partial charge in [0.1, 0.15) is 11.9 Å². The zero-order valence-corrected chi connectivity index (χ0v) is 18.5. The van der Waals surface area contributed by atoms with Gasteiger partial charge in [-0.05, 0) is 49.4 Å². The summed E-state index contributed by atoms with van der Waals surface area (Å²) < 4.78 is 6.27. The molecule has 158 valence electrons. The van der Waals surface area contributed by atoms with Crippen molar-refractivity contribution in [2.75, 3.05) is 13.1 Å². The lowest BCUT2D eigenvalue weighted by Crippen LogP contribution is -2.46. The summed E-state index contributed by atoms with van der Waals surface area (Å²) in [6.45, 7) is 13.5. The van der Waals surface area contributed by atoms with E-state index >= 15 is 0 Å². The number of amides is 1. The molecule has 3 rings (SSSR count). The van der Waals surface area contributed by atoms with Crippen LogP contribution in [0.2, 0.25) is 0 Å². The number of hydrogen-bond donors (Lipinski definition) is 0. The van der Waals surface area contributed by atoms with Gasteiger partial charge in [-0.1, -0.05) is 50.3 Å². The van der Waals surface area contributed by atoms with Gasteiger partial charge in [0.15, 0.2) is 0 Å². The minimum Gasteiger partial charge on any atom is -0.490 e. The van der Waals surface area contributed by atoms with Gasteiger partial charge in [0.05, 0.1) is 5.69 Å². The molecule has 0 aliphatic carbocycles. The molecule has 4 heteroatoms. The Morgan fingerprint density at radius 1 is 1.27 bits per heavy atom. The van der Waals surface area contributed by atoms with E-state index in [-0.39, 0.29) is 12.0 Å². The van der Waals surface area contributed by atoms with Gasteiger partial charge in [-0.15, -0.1) is 0 Å². The molecule has 0 N–H and O–H groups in total. The molecule has 0 bridgehead atoms. The van der Waals surface area contributed by atoms with Crippen molar-refractivity contribution in [3.63, 3.8) is 0 Å². The van der Waals surface area contributed by atoms with Gasteiger partial charge in [0, 0.05) is 37.4 Å². The average molecular weight is 405 g/mol. The largest absolute Gasteiger partial charge is 0.490 e. The van der Waals surface area contributed by atoms with Crippen LogP contribution in [0.4, 0.5) is 5.69 Å². The quantitative estimate of drug-likeness (QED) is 0.550. The number of benzene rings is 2. The highest BCUT2D eigenvalue weighted by molar-refractivity contribution is 5.79. The Bertz CT molecular complexity index is 931. The minimum absolute atomic E-state index is 0.134. The van der Waals surface area contributed by atoms with Gasteiger partial charge in [-0.3, -0.25) is 9.79 Å². The number of nitrogens with zero attached hydrogens (tertiary/aromatic N) is 2. The summed E-state index contributed by atoms with van der Waals surface area (Å²) in [5.41, 5.74) is 5.41. The molecule has 1 heterocycles. The summed E-state index contributed by atoms with van der Waals surface area (Å²) >= 11 is 0. The van der Waals surface area contributed by atoms with Crippen LogP contribution >= 0.6 is 0 Å². The smallest absolute Gasteiger partial charge is 0.222 e. The average Bonchev–Trinajstić information content (AvgIpc) is 2.76. The SMILES string of the molecule is C=Nc1c(/C=C\C)ccc(-c2ccc(OC3CCN(C(=O)CC)CC3C)cc2)c1C. The maximum Gasteiger partial charge on any atom is 0.222 e. The normalized spacial score (nSPS) is 19.1. The van der Waals surface area contributed by atoms with E-state index in [1.807, 2.05) is 37.0 Å². The second-order valence-electron chi connectivity index (χ2n) is 7.97. The van der Waals surface area contributed by atoms with Crippen molar-refractivity contribution in [3.8, 4) is 16.9 Å². The van der Waals surface area contributed by atoms with Crippen molar-refractivity contribution >= 4 is 24.4 Å². The highest BCUT2D eigenvalue weighted by Gasteiger charge is 2.29. The Kier molecular flexibility index (Phi) is 7.09. The predicted octanol–water partition coefficient (Wildman–Crippen LogP) is 6.05. The Labute approximate surface area is 180 Å². The molecule has 0 aromatic heterocycles. The molecule has 1 aliphatic rings. The van der Waals surface area contributed by atoms with Crippen LogP contribution in [0.5, 0.6) is 5.75 Å². The highest BCUT2D eigenvalue weighted by atomic mass is 16.5. The number of allylic oxidation sites excluding steroid dienone is 1. The number of ether oxygens (including phenoxy) is 1. The fourth-order valence-corrected chi connectivity index (χ4v) is 4.19. The first kappa shape index (κ1) is 21.8. The molecule has 0 saturated carbocycles. The minimum atomic E-state index is 0.134. The topological polar surface area (TPSA) is 41.9 Å². The number of piperidine rings is 1. The molecule has 1 aliphatic heterocycles. The molecule has 0 spiro atoms. The first-order valence-electron chi connectivity index (χ1n) is 10.8. The monoisotopic (exact) mass is 404 g/mol. The number of likely N-dealkylation sites (tertiary alicyclic amines) is 1. The molecule has 2 unspecified atom stereocenters. The summed E-state index contributed by atoms with van der Waals surface area (Å²) in [5, 5.41) is 0. The molecule has 1 fully saturated rings. The molecule has 2 aromatic carbocycles. The van der Waals surface area contributed by atoms with Crippen LogP contribution in [-0.2, 0) is 4.79 Å². The van der Waals surface area contributed by atoms with E-state index in [0.29, 0.717) is 12.3 Å². The number of carbonyl (C=O) groups excluding carboxylic acids is 1. The van der Waals surface area contributed by atoms with E-state index in [2.05, 4.69) is 55.9 Å². The van der Waals surface area contributed by atoms with E-state index in [1.165, 1.54) is 0 Å². The third-order valence-corrected chi connectivity index (χ3v) is 5.90. The van der Waals surface area contributed by atoms with Gasteiger partial charge in [-0.2, -0.15) is 0 Å².